The zero-order chi connectivity index (χ0) is 11.7. The maximum Gasteiger partial charge on any atom is 0.317 e. The van der Waals surface area contributed by atoms with E-state index in [0.717, 1.165) is 19.3 Å². The molecule has 1 saturated carbocycles. The summed E-state index contributed by atoms with van der Waals surface area (Å²) in [5, 5.41) is 0. The van der Waals surface area contributed by atoms with Crippen LogP contribution in [-0.4, -0.2) is 24.1 Å². The molecule has 4 nitrogen and oxygen atoms in total. The third-order valence-electron chi connectivity index (χ3n) is 3.57. The third-order valence-corrected chi connectivity index (χ3v) is 3.57. The highest BCUT2D eigenvalue weighted by Gasteiger charge is 2.39. The van der Waals surface area contributed by atoms with Crippen LogP contribution in [0.5, 0.6) is 0 Å². The Balaban J connectivity index is 2.05. The van der Waals surface area contributed by atoms with Gasteiger partial charge in [0.25, 0.3) is 0 Å². The van der Waals surface area contributed by atoms with Gasteiger partial charge in [-0.15, -0.1) is 0 Å². The zero-order valence-electron chi connectivity index (χ0n) is 9.77. The van der Waals surface area contributed by atoms with Crippen LogP contribution in [-0.2, 0) is 19.1 Å². The molecule has 0 spiro atoms. The minimum Gasteiger partial charge on any atom is -0.458 e. The van der Waals surface area contributed by atoms with Crippen LogP contribution in [0.4, 0.5) is 0 Å². The molecule has 4 heteroatoms. The SMILES string of the molecule is CC(C)C1CCC2OC(=O)CC(=O)OC2C1. The summed E-state index contributed by atoms with van der Waals surface area (Å²) in [5.74, 6) is 0.256. The Morgan fingerprint density at radius 2 is 1.69 bits per heavy atom. The predicted octanol–water partition coefficient (Wildman–Crippen LogP) is 1.67. The summed E-state index contributed by atoms with van der Waals surface area (Å²) >= 11 is 0. The number of hydrogen-bond donors (Lipinski definition) is 0. The van der Waals surface area contributed by atoms with Crippen molar-refractivity contribution in [2.45, 2.75) is 51.7 Å². The molecular formula is C12H18O4. The maximum absolute atomic E-state index is 11.3. The summed E-state index contributed by atoms with van der Waals surface area (Å²) in [5.41, 5.74) is 0. The monoisotopic (exact) mass is 226 g/mol. The molecule has 0 aromatic heterocycles. The minimum absolute atomic E-state index is 0.214. The van der Waals surface area contributed by atoms with Gasteiger partial charge < -0.3 is 9.47 Å². The summed E-state index contributed by atoms with van der Waals surface area (Å²) in [4.78, 5) is 22.5. The van der Waals surface area contributed by atoms with Crippen LogP contribution in [0.2, 0.25) is 0 Å². The highest BCUT2D eigenvalue weighted by molar-refractivity contribution is 5.91. The zero-order valence-corrected chi connectivity index (χ0v) is 9.77. The number of carbonyl (C=O) groups excluding carboxylic acids is 2. The van der Waals surface area contributed by atoms with Crippen molar-refractivity contribution in [2.75, 3.05) is 0 Å². The number of carbonyl (C=O) groups is 2. The molecule has 90 valence electrons. The molecule has 0 amide bonds. The van der Waals surface area contributed by atoms with E-state index in [1.807, 2.05) is 0 Å². The van der Waals surface area contributed by atoms with E-state index in [2.05, 4.69) is 13.8 Å². The summed E-state index contributed by atoms with van der Waals surface area (Å²) in [7, 11) is 0. The number of esters is 2. The van der Waals surface area contributed by atoms with Crippen LogP contribution in [0, 0.1) is 11.8 Å². The van der Waals surface area contributed by atoms with Gasteiger partial charge in [0.1, 0.15) is 18.6 Å². The van der Waals surface area contributed by atoms with Crippen LogP contribution in [0.1, 0.15) is 39.5 Å². The molecule has 16 heavy (non-hydrogen) atoms. The van der Waals surface area contributed by atoms with E-state index in [9.17, 15) is 9.59 Å². The molecule has 0 bridgehead atoms. The molecule has 3 unspecified atom stereocenters. The van der Waals surface area contributed by atoms with Crippen molar-refractivity contribution in [1.82, 2.24) is 0 Å². The first-order chi connectivity index (χ1) is 7.56. The van der Waals surface area contributed by atoms with Crippen LogP contribution < -0.4 is 0 Å². The first-order valence-corrected chi connectivity index (χ1v) is 5.95. The second-order valence-electron chi connectivity index (χ2n) is 5.05. The van der Waals surface area contributed by atoms with Crippen molar-refractivity contribution >= 4 is 11.9 Å². The lowest BCUT2D eigenvalue weighted by atomic mass is 9.79. The fourth-order valence-electron chi connectivity index (χ4n) is 2.54. The lowest BCUT2D eigenvalue weighted by Crippen LogP contribution is -2.38. The van der Waals surface area contributed by atoms with E-state index in [4.69, 9.17) is 9.47 Å². The van der Waals surface area contributed by atoms with Crippen LogP contribution in [0.15, 0.2) is 0 Å². The number of ether oxygens (including phenoxy) is 2. The molecule has 0 radical (unpaired) electrons. The second-order valence-corrected chi connectivity index (χ2v) is 5.05. The Morgan fingerprint density at radius 3 is 2.31 bits per heavy atom. The molecule has 1 aliphatic heterocycles. The van der Waals surface area contributed by atoms with Crippen molar-refractivity contribution in [3.63, 3.8) is 0 Å². The van der Waals surface area contributed by atoms with Crippen LogP contribution in [0.25, 0.3) is 0 Å². The Morgan fingerprint density at radius 1 is 1.06 bits per heavy atom. The van der Waals surface area contributed by atoms with Gasteiger partial charge in [-0.3, -0.25) is 9.59 Å². The first kappa shape index (κ1) is 11.4. The number of fused-ring (bicyclic) bond motifs is 1. The molecule has 1 saturated heterocycles. The summed E-state index contributed by atoms with van der Waals surface area (Å²) in [6, 6.07) is 0. The largest absolute Gasteiger partial charge is 0.458 e. The van der Waals surface area contributed by atoms with E-state index < -0.39 is 11.9 Å². The predicted molar refractivity (Wildman–Crippen MR) is 56.6 cm³/mol. The van der Waals surface area contributed by atoms with Gasteiger partial charge in [-0.2, -0.15) is 0 Å². The lowest BCUT2D eigenvalue weighted by molar-refractivity contribution is -0.157. The van der Waals surface area contributed by atoms with Crippen molar-refractivity contribution in [3.05, 3.63) is 0 Å². The van der Waals surface area contributed by atoms with E-state index in [1.54, 1.807) is 0 Å². The quantitative estimate of drug-likeness (QED) is 0.504. The summed E-state index contributed by atoms with van der Waals surface area (Å²) in [6.45, 7) is 4.35. The van der Waals surface area contributed by atoms with E-state index in [-0.39, 0.29) is 18.6 Å². The van der Waals surface area contributed by atoms with Gasteiger partial charge in [0.2, 0.25) is 0 Å². The smallest absolute Gasteiger partial charge is 0.317 e. The maximum atomic E-state index is 11.3. The molecule has 0 aromatic carbocycles. The van der Waals surface area contributed by atoms with Crippen LogP contribution >= 0.6 is 0 Å². The van der Waals surface area contributed by atoms with Gasteiger partial charge in [-0.25, -0.2) is 0 Å². The Hall–Kier alpha value is -1.06. The Bertz CT molecular complexity index is 297. The number of hydrogen-bond acceptors (Lipinski definition) is 4. The second kappa shape index (κ2) is 4.44. The molecule has 2 fully saturated rings. The third kappa shape index (κ3) is 2.36. The van der Waals surface area contributed by atoms with Gasteiger partial charge >= 0.3 is 11.9 Å². The fourth-order valence-corrected chi connectivity index (χ4v) is 2.54. The normalized spacial score (nSPS) is 35.1. The van der Waals surface area contributed by atoms with Gasteiger partial charge in [0.15, 0.2) is 0 Å². The minimum atomic E-state index is -0.444. The highest BCUT2D eigenvalue weighted by Crippen LogP contribution is 2.34. The molecule has 1 heterocycles. The highest BCUT2D eigenvalue weighted by atomic mass is 16.6. The summed E-state index contributed by atoms with van der Waals surface area (Å²) < 4.78 is 10.5. The standard InChI is InChI=1S/C12H18O4/c1-7(2)8-3-4-9-10(5-8)16-12(14)6-11(13)15-9/h7-10H,3-6H2,1-2H3. The molecule has 3 atom stereocenters. The molecule has 2 aliphatic rings. The van der Waals surface area contributed by atoms with Gasteiger partial charge in [-0.05, 0) is 31.1 Å². The molecule has 1 aliphatic carbocycles. The average Bonchev–Trinajstić information content (AvgIpc) is 2.32. The van der Waals surface area contributed by atoms with Crippen molar-refractivity contribution in [2.24, 2.45) is 11.8 Å². The van der Waals surface area contributed by atoms with Crippen LogP contribution in [0.3, 0.4) is 0 Å². The van der Waals surface area contributed by atoms with Crippen molar-refractivity contribution in [3.8, 4) is 0 Å². The lowest BCUT2D eigenvalue weighted by Gasteiger charge is -2.35. The number of rotatable bonds is 1. The Kier molecular flexibility index (Phi) is 3.17. The first-order valence-electron chi connectivity index (χ1n) is 5.95. The Labute approximate surface area is 95.3 Å². The van der Waals surface area contributed by atoms with Crippen molar-refractivity contribution in [1.29, 1.82) is 0 Å². The molecular weight excluding hydrogens is 208 g/mol. The fraction of sp³-hybridized carbons (Fsp3) is 0.833. The van der Waals surface area contributed by atoms with Crippen molar-refractivity contribution < 1.29 is 19.1 Å². The van der Waals surface area contributed by atoms with Gasteiger partial charge in [-0.1, -0.05) is 13.8 Å². The summed E-state index contributed by atoms with van der Waals surface area (Å²) in [6.07, 6.45) is 2.01. The average molecular weight is 226 g/mol. The van der Waals surface area contributed by atoms with Gasteiger partial charge in [0, 0.05) is 0 Å². The van der Waals surface area contributed by atoms with E-state index in [1.165, 1.54) is 0 Å². The molecule has 0 N–H and O–H groups in total. The van der Waals surface area contributed by atoms with E-state index >= 15 is 0 Å². The van der Waals surface area contributed by atoms with Gasteiger partial charge in [0.05, 0.1) is 0 Å². The van der Waals surface area contributed by atoms with E-state index in [0.29, 0.717) is 11.8 Å². The topological polar surface area (TPSA) is 52.6 Å². The molecule has 0 aromatic rings. The molecule has 2 rings (SSSR count).